The highest BCUT2D eigenvalue weighted by atomic mass is 16.3. The van der Waals surface area contributed by atoms with Crippen molar-refractivity contribution in [3.05, 3.63) is 0 Å². The first-order valence-electron chi connectivity index (χ1n) is 7.14. The minimum Gasteiger partial charge on any atom is -0.393 e. The van der Waals surface area contributed by atoms with Crippen LogP contribution in [0.1, 0.15) is 52.9 Å². The molecule has 3 saturated carbocycles. The van der Waals surface area contributed by atoms with Crippen LogP contribution in [0.5, 0.6) is 0 Å². The largest absolute Gasteiger partial charge is 0.393 e. The molecule has 3 rings (SSSR count). The third-order valence-corrected chi connectivity index (χ3v) is 6.22. The smallest absolute Gasteiger partial charge is 0.0908 e. The molecule has 0 bridgehead atoms. The van der Waals surface area contributed by atoms with Gasteiger partial charge < -0.3 is 10.2 Å². The summed E-state index contributed by atoms with van der Waals surface area (Å²) >= 11 is 0. The Kier molecular flexibility index (Phi) is 2.30. The quantitative estimate of drug-likeness (QED) is 0.737. The molecule has 0 radical (unpaired) electrons. The maximum absolute atomic E-state index is 10.7. The molecule has 0 aromatic carbocycles. The molecule has 3 aliphatic carbocycles. The first-order valence-corrected chi connectivity index (χ1v) is 7.14. The van der Waals surface area contributed by atoms with Gasteiger partial charge in [0.05, 0.1) is 12.2 Å². The summed E-state index contributed by atoms with van der Waals surface area (Å²) in [5.74, 6) is 1.83. The Morgan fingerprint density at radius 1 is 1.06 bits per heavy atom. The predicted molar refractivity (Wildman–Crippen MR) is 67.5 cm³/mol. The Hall–Kier alpha value is -0.0800. The van der Waals surface area contributed by atoms with Gasteiger partial charge in [0.1, 0.15) is 0 Å². The minimum absolute atomic E-state index is 0.0506. The van der Waals surface area contributed by atoms with Crippen LogP contribution in [0.2, 0.25) is 0 Å². The molecule has 0 amide bonds. The summed E-state index contributed by atoms with van der Waals surface area (Å²) in [5, 5.41) is 20.2. The molecule has 2 nitrogen and oxygen atoms in total. The Labute approximate surface area is 104 Å². The molecule has 0 spiro atoms. The zero-order chi connectivity index (χ0) is 12.5. The standard InChI is InChI=1S/C15H26O2/c1-13(2)6-10-7-14(10,3)11-4-5-15(17,9-16)12(11)8-13/h10-12,16-17H,4-9H2,1-3H3/t10-,11+,12-,14+,15-/m0/s1. The average molecular weight is 238 g/mol. The highest BCUT2D eigenvalue weighted by molar-refractivity contribution is 5.14. The van der Waals surface area contributed by atoms with Crippen molar-refractivity contribution in [2.45, 2.75) is 58.5 Å². The molecule has 2 N–H and O–H groups in total. The monoisotopic (exact) mass is 238 g/mol. The van der Waals surface area contributed by atoms with E-state index in [1.54, 1.807) is 0 Å². The van der Waals surface area contributed by atoms with Crippen molar-refractivity contribution in [2.24, 2.45) is 28.6 Å². The highest BCUT2D eigenvalue weighted by Crippen LogP contribution is 2.70. The Morgan fingerprint density at radius 3 is 2.41 bits per heavy atom. The van der Waals surface area contributed by atoms with E-state index in [1.165, 1.54) is 12.8 Å². The SMILES string of the molecule is CC1(C)C[C@H]2C[C@@]2(C)[C@@H]2CC[C@](O)(CO)[C@H]2C1. The summed E-state index contributed by atoms with van der Waals surface area (Å²) in [4.78, 5) is 0. The summed E-state index contributed by atoms with van der Waals surface area (Å²) in [6.07, 6.45) is 5.65. The van der Waals surface area contributed by atoms with E-state index in [9.17, 15) is 10.2 Å². The van der Waals surface area contributed by atoms with Crippen LogP contribution in [-0.2, 0) is 0 Å². The third kappa shape index (κ3) is 1.60. The van der Waals surface area contributed by atoms with E-state index in [0.29, 0.717) is 22.7 Å². The number of hydrogen-bond donors (Lipinski definition) is 2. The highest BCUT2D eigenvalue weighted by Gasteiger charge is 2.65. The molecule has 3 aliphatic rings. The summed E-state index contributed by atoms with van der Waals surface area (Å²) in [6, 6.07) is 0. The summed E-state index contributed by atoms with van der Waals surface area (Å²) in [7, 11) is 0. The topological polar surface area (TPSA) is 40.5 Å². The molecule has 2 heteroatoms. The fourth-order valence-electron chi connectivity index (χ4n) is 5.06. The van der Waals surface area contributed by atoms with Crippen LogP contribution in [0.4, 0.5) is 0 Å². The molecule has 0 aromatic heterocycles. The summed E-state index contributed by atoms with van der Waals surface area (Å²) in [5.41, 5.74) is 0.00977. The normalized spacial score (nSPS) is 55.9. The van der Waals surface area contributed by atoms with Crippen molar-refractivity contribution in [1.29, 1.82) is 0 Å². The lowest BCUT2D eigenvalue weighted by molar-refractivity contribution is -0.0667. The van der Waals surface area contributed by atoms with Crippen LogP contribution in [0.15, 0.2) is 0 Å². The second-order valence-corrected chi connectivity index (χ2v) is 7.99. The van der Waals surface area contributed by atoms with Crippen molar-refractivity contribution in [3.8, 4) is 0 Å². The summed E-state index contributed by atoms with van der Waals surface area (Å²) < 4.78 is 0. The van der Waals surface area contributed by atoms with Gasteiger partial charge in [0, 0.05) is 0 Å². The number of rotatable bonds is 1. The van der Waals surface area contributed by atoms with E-state index in [0.717, 1.165) is 25.2 Å². The first-order chi connectivity index (χ1) is 7.81. The Bertz CT molecular complexity index is 338. The molecule has 0 heterocycles. The molecule has 5 atom stereocenters. The molecular formula is C15H26O2. The van der Waals surface area contributed by atoms with E-state index in [1.807, 2.05) is 0 Å². The number of fused-ring (bicyclic) bond motifs is 3. The van der Waals surface area contributed by atoms with Crippen molar-refractivity contribution in [3.63, 3.8) is 0 Å². The lowest BCUT2D eigenvalue weighted by Gasteiger charge is -2.37. The molecule has 98 valence electrons. The number of aliphatic hydroxyl groups is 2. The van der Waals surface area contributed by atoms with Crippen LogP contribution in [-0.4, -0.2) is 22.4 Å². The molecule has 3 fully saturated rings. The van der Waals surface area contributed by atoms with Gasteiger partial charge in [-0.15, -0.1) is 0 Å². The third-order valence-electron chi connectivity index (χ3n) is 6.22. The van der Waals surface area contributed by atoms with Gasteiger partial charge in [-0.05, 0) is 60.7 Å². The van der Waals surface area contributed by atoms with Gasteiger partial charge in [0.2, 0.25) is 0 Å². The zero-order valence-electron chi connectivity index (χ0n) is 11.4. The molecule has 0 saturated heterocycles. The molecule has 0 unspecified atom stereocenters. The van der Waals surface area contributed by atoms with Gasteiger partial charge in [-0.1, -0.05) is 20.8 Å². The second kappa shape index (κ2) is 3.27. The van der Waals surface area contributed by atoms with E-state index in [2.05, 4.69) is 20.8 Å². The van der Waals surface area contributed by atoms with Gasteiger partial charge in [0.25, 0.3) is 0 Å². The lowest BCUT2D eigenvalue weighted by Crippen LogP contribution is -2.41. The van der Waals surface area contributed by atoms with Gasteiger partial charge in [0.15, 0.2) is 0 Å². The molecule has 0 aromatic rings. The minimum atomic E-state index is -0.789. The number of hydrogen-bond acceptors (Lipinski definition) is 2. The summed E-state index contributed by atoms with van der Waals surface area (Å²) in [6.45, 7) is 7.04. The van der Waals surface area contributed by atoms with Crippen LogP contribution in [0.3, 0.4) is 0 Å². The van der Waals surface area contributed by atoms with Crippen molar-refractivity contribution < 1.29 is 10.2 Å². The zero-order valence-corrected chi connectivity index (χ0v) is 11.4. The maximum Gasteiger partial charge on any atom is 0.0908 e. The fourth-order valence-corrected chi connectivity index (χ4v) is 5.06. The van der Waals surface area contributed by atoms with Gasteiger partial charge in [-0.3, -0.25) is 0 Å². The Morgan fingerprint density at radius 2 is 1.76 bits per heavy atom. The van der Waals surface area contributed by atoms with E-state index >= 15 is 0 Å². The van der Waals surface area contributed by atoms with Crippen molar-refractivity contribution in [2.75, 3.05) is 6.61 Å². The van der Waals surface area contributed by atoms with Crippen LogP contribution in [0.25, 0.3) is 0 Å². The van der Waals surface area contributed by atoms with Gasteiger partial charge in [-0.2, -0.15) is 0 Å². The van der Waals surface area contributed by atoms with Gasteiger partial charge >= 0.3 is 0 Å². The molecule has 17 heavy (non-hydrogen) atoms. The fraction of sp³-hybridized carbons (Fsp3) is 1.00. The van der Waals surface area contributed by atoms with Crippen molar-refractivity contribution >= 4 is 0 Å². The predicted octanol–water partition coefficient (Wildman–Crippen LogP) is 2.58. The second-order valence-electron chi connectivity index (χ2n) is 7.99. The first kappa shape index (κ1) is 12.0. The molecular weight excluding hydrogens is 212 g/mol. The van der Waals surface area contributed by atoms with E-state index < -0.39 is 5.60 Å². The van der Waals surface area contributed by atoms with Crippen LogP contribution < -0.4 is 0 Å². The number of aliphatic hydroxyl groups excluding tert-OH is 1. The van der Waals surface area contributed by atoms with E-state index in [-0.39, 0.29) is 6.61 Å². The van der Waals surface area contributed by atoms with Crippen LogP contribution in [0, 0.1) is 28.6 Å². The maximum atomic E-state index is 10.7. The Balaban J connectivity index is 1.95. The van der Waals surface area contributed by atoms with E-state index in [4.69, 9.17) is 0 Å². The average Bonchev–Trinajstić information content (AvgIpc) is 2.74. The molecule has 0 aliphatic heterocycles. The lowest BCUT2D eigenvalue weighted by atomic mass is 9.72. The van der Waals surface area contributed by atoms with Gasteiger partial charge in [-0.25, -0.2) is 0 Å². The van der Waals surface area contributed by atoms with Crippen molar-refractivity contribution in [1.82, 2.24) is 0 Å². The van der Waals surface area contributed by atoms with Crippen LogP contribution >= 0.6 is 0 Å².